The highest BCUT2D eigenvalue weighted by Gasteiger charge is 2.19. The average Bonchev–Trinajstić information content (AvgIpc) is 3.08. The Kier molecular flexibility index (Phi) is 5.34. The van der Waals surface area contributed by atoms with Gasteiger partial charge in [0.2, 0.25) is 5.89 Å². The molecule has 0 unspecified atom stereocenters. The number of hydrogen-bond acceptors (Lipinski definition) is 6. The van der Waals surface area contributed by atoms with Crippen molar-refractivity contribution in [2.75, 3.05) is 6.54 Å². The van der Waals surface area contributed by atoms with E-state index in [4.69, 9.17) is 4.52 Å². The zero-order valence-electron chi connectivity index (χ0n) is 16.0. The smallest absolute Gasteiger partial charge is 0.260 e. The van der Waals surface area contributed by atoms with Crippen LogP contribution in [0.1, 0.15) is 42.8 Å². The lowest BCUT2D eigenvalue weighted by Crippen LogP contribution is -2.31. The second-order valence-corrected chi connectivity index (χ2v) is 6.91. The number of hydrogen-bond donors (Lipinski definition) is 0. The molecule has 8 heteroatoms. The third kappa shape index (κ3) is 4.05. The quantitative estimate of drug-likeness (QED) is 0.661. The van der Waals surface area contributed by atoms with Crippen molar-refractivity contribution in [3.63, 3.8) is 0 Å². The summed E-state index contributed by atoms with van der Waals surface area (Å²) in [6.45, 7) is 6.80. The highest BCUT2D eigenvalue weighted by molar-refractivity contribution is 5.97. The van der Waals surface area contributed by atoms with Gasteiger partial charge in [-0.25, -0.2) is 4.98 Å². The number of fused-ring (bicyclic) bond motifs is 1. The number of benzene rings is 1. The molecule has 0 atom stereocenters. The van der Waals surface area contributed by atoms with Gasteiger partial charge in [-0.1, -0.05) is 19.0 Å². The van der Waals surface area contributed by atoms with Crippen LogP contribution >= 0.6 is 0 Å². The van der Waals surface area contributed by atoms with Crippen molar-refractivity contribution in [1.29, 1.82) is 0 Å². The summed E-state index contributed by atoms with van der Waals surface area (Å²) in [5, 5.41) is 4.45. The van der Waals surface area contributed by atoms with Crippen LogP contribution < -0.4 is 5.56 Å². The zero-order chi connectivity index (χ0) is 19.6. The number of rotatable bonds is 6. The van der Waals surface area contributed by atoms with Gasteiger partial charge in [-0.3, -0.25) is 9.59 Å². The minimum Gasteiger partial charge on any atom is -0.339 e. The third-order valence-corrected chi connectivity index (χ3v) is 4.26. The van der Waals surface area contributed by atoms with Crippen molar-refractivity contribution in [1.82, 2.24) is 24.6 Å². The molecule has 0 saturated carbocycles. The minimum atomic E-state index is -0.169. The molecule has 0 spiro atoms. The highest BCUT2D eigenvalue weighted by Crippen LogP contribution is 2.14. The number of aryl methyl sites for hydroxylation is 1. The van der Waals surface area contributed by atoms with Gasteiger partial charge in [-0.15, -0.1) is 0 Å². The van der Waals surface area contributed by atoms with Gasteiger partial charge in [0.05, 0.1) is 23.8 Å². The predicted molar refractivity (Wildman–Crippen MR) is 100 cm³/mol. The molecule has 27 heavy (non-hydrogen) atoms. The van der Waals surface area contributed by atoms with Crippen LogP contribution in [0.25, 0.3) is 10.9 Å². The fourth-order valence-corrected chi connectivity index (χ4v) is 2.81. The fraction of sp³-hybridized carbons (Fsp3) is 0.421. The van der Waals surface area contributed by atoms with Crippen LogP contribution in [0.5, 0.6) is 0 Å². The first-order chi connectivity index (χ1) is 12.9. The molecular formula is C19H23N5O3. The van der Waals surface area contributed by atoms with Crippen molar-refractivity contribution in [3.8, 4) is 0 Å². The van der Waals surface area contributed by atoms with Crippen molar-refractivity contribution in [3.05, 3.63) is 52.2 Å². The van der Waals surface area contributed by atoms with Gasteiger partial charge in [0.25, 0.3) is 11.5 Å². The SMILES string of the molecule is CCN(Cc1noc(CC(C)C)n1)C(=O)c1ccc2c(=O)n(C)cnc2c1. The Morgan fingerprint density at radius 2 is 2.11 bits per heavy atom. The van der Waals surface area contributed by atoms with Crippen molar-refractivity contribution >= 4 is 16.8 Å². The molecular weight excluding hydrogens is 346 g/mol. The van der Waals surface area contributed by atoms with Crippen molar-refractivity contribution < 1.29 is 9.32 Å². The molecule has 0 aliphatic carbocycles. The summed E-state index contributed by atoms with van der Waals surface area (Å²) < 4.78 is 6.65. The van der Waals surface area contributed by atoms with Crippen LogP contribution in [0.3, 0.4) is 0 Å². The maximum absolute atomic E-state index is 12.9. The molecule has 1 aromatic carbocycles. The van der Waals surface area contributed by atoms with Gasteiger partial charge in [-0.2, -0.15) is 4.98 Å². The Bertz CT molecular complexity index is 1020. The number of carbonyl (C=O) groups is 1. The molecule has 2 aromatic heterocycles. The Morgan fingerprint density at radius 3 is 2.81 bits per heavy atom. The van der Waals surface area contributed by atoms with E-state index < -0.39 is 0 Å². The van der Waals surface area contributed by atoms with Gasteiger partial charge < -0.3 is 14.0 Å². The topological polar surface area (TPSA) is 94.1 Å². The lowest BCUT2D eigenvalue weighted by molar-refractivity contribution is 0.0747. The maximum Gasteiger partial charge on any atom is 0.260 e. The molecule has 0 aliphatic heterocycles. The van der Waals surface area contributed by atoms with E-state index in [0.717, 1.165) is 0 Å². The molecule has 142 valence electrons. The van der Waals surface area contributed by atoms with E-state index >= 15 is 0 Å². The lowest BCUT2D eigenvalue weighted by atomic mass is 10.1. The van der Waals surface area contributed by atoms with Gasteiger partial charge >= 0.3 is 0 Å². The Labute approximate surface area is 156 Å². The van der Waals surface area contributed by atoms with E-state index in [-0.39, 0.29) is 18.0 Å². The fourth-order valence-electron chi connectivity index (χ4n) is 2.81. The molecule has 0 aliphatic rings. The molecule has 1 amide bonds. The molecule has 3 rings (SSSR count). The number of aromatic nitrogens is 4. The highest BCUT2D eigenvalue weighted by atomic mass is 16.5. The van der Waals surface area contributed by atoms with Crippen LogP contribution in [0.2, 0.25) is 0 Å². The van der Waals surface area contributed by atoms with Gasteiger partial charge in [0.1, 0.15) is 0 Å². The van der Waals surface area contributed by atoms with E-state index in [2.05, 4.69) is 29.0 Å². The standard InChI is InChI=1S/C19H23N5O3/c1-5-24(10-16-21-17(27-22-16)8-12(2)3)18(25)13-6-7-14-15(9-13)20-11-23(4)19(14)26/h6-7,9,11-12H,5,8,10H2,1-4H3. The molecule has 8 nitrogen and oxygen atoms in total. The van der Waals surface area contributed by atoms with Crippen LogP contribution in [0.15, 0.2) is 33.8 Å². The summed E-state index contributed by atoms with van der Waals surface area (Å²) >= 11 is 0. The predicted octanol–water partition coefficient (Wildman–Crippen LogP) is 2.18. The monoisotopic (exact) mass is 369 g/mol. The summed E-state index contributed by atoms with van der Waals surface area (Å²) in [4.78, 5) is 35.2. The summed E-state index contributed by atoms with van der Waals surface area (Å²) in [6.07, 6.45) is 2.16. The Balaban J connectivity index is 1.82. The molecule has 3 aromatic rings. The third-order valence-electron chi connectivity index (χ3n) is 4.26. The van der Waals surface area contributed by atoms with E-state index in [1.807, 2.05) is 6.92 Å². The molecule has 2 heterocycles. The average molecular weight is 369 g/mol. The first-order valence-electron chi connectivity index (χ1n) is 8.95. The second-order valence-electron chi connectivity index (χ2n) is 6.91. The number of carbonyl (C=O) groups excluding carboxylic acids is 1. The number of nitrogens with zero attached hydrogens (tertiary/aromatic N) is 5. The molecule has 0 radical (unpaired) electrons. The van der Waals surface area contributed by atoms with Gasteiger partial charge in [-0.05, 0) is 31.0 Å². The molecule has 0 bridgehead atoms. The first-order valence-corrected chi connectivity index (χ1v) is 8.95. The summed E-state index contributed by atoms with van der Waals surface area (Å²) in [7, 11) is 1.64. The van der Waals surface area contributed by atoms with Crippen molar-refractivity contribution in [2.45, 2.75) is 33.7 Å². The van der Waals surface area contributed by atoms with Crippen LogP contribution in [0.4, 0.5) is 0 Å². The maximum atomic E-state index is 12.9. The van der Waals surface area contributed by atoms with Crippen molar-refractivity contribution in [2.24, 2.45) is 13.0 Å². The van der Waals surface area contributed by atoms with Gasteiger partial charge in [0.15, 0.2) is 5.82 Å². The van der Waals surface area contributed by atoms with E-state index in [0.29, 0.717) is 47.1 Å². The largest absolute Gasteiger partial charge is 0.339 e. The van der Waals surface area contributed by atoms with Gasteiger partial charge in [0, 0.05) is 25.6 Å². The van der Waals surface area contributed by atoms with Crippen LogP contribution in [-0.4, -0.2) is 37.0 Å². The molecule has 0 N–H and O–H groups in total. The van der Waals surface area contributed by atoms with Crippen LogP contribution in [-0.2, 0) is 20.0 Å². The van der Waals surface area contributed by atoms with E-state index in [9.17, 15) is 9.59 Å². The lowest BCUT2D eigenvalue weighted by Gasteiger charge is -2.19. The molecule has 0 saturated heterocycles. The van der Waals surface area contributed by atoms with E-state index in [1.165, 1.54) is 10.9 Å². The van der Waals surface area contributed by atoms with Crippen LogP contribution in [0, 0.1) is 5.92 Å². The summed E-state index contributed by atoms with van der Waals surface area (Å²) in [6, 6.07) is 4.93. The first kappa shape index (κ1) is 18.8. The Hall–Kier alpha value is -3.03. The summed E-state index contributed by atoms with van der Waals surface area (Å²) in [5.74, 6) is 1.31. The zero-order valence-corrected chi connectivity index (χ0v) is 16.0. The summed E-state index contributed by atoms with van der Waals surface area (Å²) in [5.41, 5.74) is 0.825. The number of amides is 1. The normalized spacial score (nSPS) is 11.3. The molecule has 0 fully saturated rings. The second kappa shape index (κ2) is 7.69. The minimum absolute atomic E-state index is 0.143. The van der Waals surface area contributed by atoms with E-state index in [1.54, 1.807) is 30.1 Å². The Morgan fingerprint density at radius 1 is 1.33 bits per heavy atom.